The third-order valence-electron chi connectivity index (χ3n) is 6.72. The van der Waals surface area contributed by atoms with Crippen molar-refractivity contribution in [3.63, 3.8) is 0 Å². The van der Waals surface area contributed by atoms with Gasteiger partial charge in [0.05, 0.1) is 11.4 Å². The molecule has 4 rings (SSSR count). The number of esters is 4. The molecule has 2 heterocycles. The number of hydrogen-bond donors (Lipinski definition) is 0. The molecule has 3 aliphatic rings. The molecule has 0 unspecified atom stereocenters. The van der Waals surface area contributed by atoms with Crippen molar-refractivity contribution in [3.8, 4) is 5.75 Å². The second-order valence-corrected chi connectivity index (χ2v) is 10.3. The van der Waals surface area contributed by atoms with Crippen molar-refractivity contribution in [1.82, 2.24) is 0 Å². The van der Waals surface area contributed by atoms with E-state index in [9.17, 15) is 24.0 Å². The van der Waals surface area contributed by atoms with E-state index < -0.39 is 60.0 Å². The van der Waals surface area contributed by atoms with E-state index in [-0.39, 0.29) is 18.1 Å². The summed E-state index contributed by atoms with van der Waals surface area (Å²) in [5.74, 6) is -2.69. The van der Waals surface area contributed by atoms with Gasteiger partial charge in [-0.3, -0.25) is 24.0 Å². The molecule has 12 nitrogen and oxygen atoms in total. The second-order valence-electron chi connectivity index (χ2n) is 10.3. The van der Waals surface area contributed by atoms with Gasteiger partial charge in [-0.15, -0.1) is 0 Å². The van der Waals surface area contributed by atoms with Crippen molar-refractivity contribution < 1.29 is 52.4 Å². The molecular weight excluding hydrogens is 538 g/mol. The van der Waals surface area contributed by atoms with E-state index in [1.807, 2.05) is 13.8 Å². The lowest BCUT2D eigenvalue weighted by molar-refractivity contribution is -0.288. The Morgan fingerprint density at radius 3 is 2.15 bits per heavy atom. The maximum atomic E-state index is 12.1. The van der Waals surface area contributed by atoms with Gasteiger partial charge in [-0.2, -0.15) is 0 Å². The number of fused-ring (bicyclic) bond motifs is 2. The van der Waals surface area contributed by atoms with Crippen molar-refractivity contribution in [1.29, 1.82) is 0 Å². The predicted octanol–water partition coefficient (Wildman–Crippen LogP) is 2.58. The molecule has 0 amide bonds. The number of aliphatic imine (C=N–C) groups is 1. The normalized spacial score (nSPS) is 25.9. The summed E-state index contributed by atoms with van der Waals surface area (Å²) in [5.41, 5.74) is 2.26. The minimum Gasteiger partial charge on any atom is -0.463 e. The monoisotopic (exact) mass is 569 g/mol. The lowest BCUT2D eigenvalue weighted by Gasteiger charge is -2.44. The number of ketones is 1. The first kappa shape index (κ1) is 29.7. The van der Waals surface area contributed by atoms with Gasteiger partial charge in [-0.25, -0.2) is 4.99 Å². The fourth-order valence-corrected chi connectivity index (χ4v) is 4.99. The van der Waals surface area contributed by atoms with E-state index in [4.69, 9.17) is 28.4 Å². The van der Waals surface area contributed by atoms with E-state index in [1.165, 1.54) is 13.0 Å². The van der Waals surface area contributed by atoms with Gasteiger partial charge in [0.15, 0.2) is 18.0 Å². The Bertz CT molecular complexity index is 1370. The van der Waals surface area contributed by atoms with Gasteiger partial charge in [-0.05, 0) is 47.6 Å². The Balaban J connectivity index is 1.73. The van der Waals surface area contributed by atoms with E-state index in [0.717, 1.165) is 31.9 Å². The average molecular weight is 570 g/mol. The number of carbonyl (C=O) groups is 5. The molecule has 0 N–H and O–H groups in total. The lowest BCUT2D eigenvalue weighted by atomic mass is 9.71. The minimum absolute atomic E-state index is 0.139. The summed E-state index contributed by atoms with van der Waals surface area (Å²) in [7, 11) is 0. The van der Waals surface area contributed by atoms with E-state index in [0.29, 0.717) is 11.4 Å². The van der Waals surface area contributed by atoms with E-state index in [2.05, 4.69) is 4.99 Å². The van der Waals surface area contributed by atoms with Crippen LogP contribution in [0.1, 0.15) is 47.1 Å². The second kappa shape index (κ2) is 11.7. The summed E-state index contributed by atoms with van der Waals surface area (Å²) in [6.45, 7) is 8.16. The topological polar surface area (TPSA) is 153 Å². The van der Waals surface area contributed by atoms with Crippen molar-refractivity contribution in [3.05, 3.63) is 47.6 Å². The third-order valence-corrected chi connectivity index (χ3v) is 6.72. The number of benzene rings is 1. The summed E-state index contributed by atoms with van der Waals surface area (Å²) < 4.78 is 33.6. The van der Waals surface area contributed by atoms with Crippen molar-refractivity contribution in [2.45, 2.75) is 77.7 Å². The first-order valence-corrected chi connectivity index (χ1v) is 12.9. The number of allylic oxidation sites excluding steroid dienone is 4. The molecule has 1 aromatic rings. The molecule has 1 aliphatic carbocycles. The molecular formula is C29H31NO11. The summed E-state index contributed by atoms with van der Waals surface area (Å²) in [6.07, 6.45) is -1.84. The maximum absolute atomic E-state index is 12.1. The predicted molar refractivity (Wildman–Crippen MR) is 141 cm³/mol. The van der Waals surface area contributed by atoms with Gasteiger partial charge in [0.1, 0.15) is 18.5 Å². The highest BCUT2D eigenvalue weighted by molar-refractivity contribution is 6.22. The lowest BCUT2D eigenvalue weighted by Crippen LogP contribution is -2.63. The molecule has 41 heavy (non-hydrogen) atoms. The van der Waals surface area contributed by atoms with Gasteiger partial charge in [-0.1, -0.05) is 13.8 Å². The Morgan fingerprint density at radius 1 is 0.878 bits per heavy atom. The van der Waals surface area contributed by atoms with Gasteiger partial charge in [0.25, 0.3) is 0 Å². The molecule has 0 saturated carbocycles. The summed E-state index contributed by atoms with van der Waals surface area (Å²) in [5, 5.41) is 0. The van der Waals surface area contributed by atoms with Crippen LogP contribution in [0.5, 0.6) is 5.75 Å². The van der Waals surface area contributed by atoms with Gasteiger partial charge in [0.2, 0.25) is 12.4 Å². The van der Waals surface area contributed by atoms with Gasteiger partial charge < -0.3 is 28.4 Å². The molecule has 0 aromatic heterocycles. The molecule has 0 radical (unpaired) electrons. The summed E-state index contributed by atoms with van der Waals surface area (Å²) >= 11 is 0. The Labute approximate surface area is 236 Å². The third kappa shape index (κ3) is 6.54. The zero-order valence-corrected chi connectivity index (χ0v) is 23.5. The van der Waals surface area contributed by atoms with Crippen LogP contribution in [0.2, 0.25) is 0 Å². The van der Waals surface area contributed by atoms with Crippen LogP contribution in [0.25, 0.3) is 0 Å². The van der Waals surface area contributed by atoms with E-state index >= 15 is 0 Å². The summed E-state index contributed by atoms with van der Waals surface area (Å²) in [4.78, 5) is 64.4. The minimum atomic E-state index is -1.38. The van der Waals surface area contributed by atoms with Crippen LogP contribution in [0, 0.1) is 0 Å². The highest BCUT2D eigenvalue weighted by Gasteiger charge is 2.53. The van der Waals surface area contributed by atoms with Crippen LogP contribution in [-0.2, 0) is 53.1 Å². The van der Waals surface area contributed by atoms with E-state index in [1.54, 1.807) is 30.4 Å². The molecule has 1 aromatic carbocycles. The fourth-order valence-electron chi connectivity index (χ4n) is 4.99. The SMILES string of the molecule is CC(=O)OC[C@H]1O[C@@H](Oc2ccc3c(c2)C(C)(C)C2=CC(=O)C=CC2=N3)[C@H](OC(C)=O)[C@@H](OC(C)=O)[C@H]1OC(C)=O. The molecule has 1 fully saturated rings. The van der Waals surface area contributed by atoms with Crippen LogP contribution in [0.15, 0.2) is 47.0 Å². The Morgan fingerprint density at radius 2 is 1.51 bits per heavy atom. The van der Waals surface area contributed by atoms with Crippen LogP contribution >= 0.6 is 0 Å². The average Bonchev–Trinajstić information content (AvgIpc) is 2.86. The molecule has 218 valence electrons. The van der Waals surface area contributed by atoms with Crippen molar-refractivity contribution in [2.24, 2.45) is 4.99 Å². The van der Waals surface area contributed by atoms with Crippen LogP contribution in [0.4, 0.5) is 5.69 Å². The maximum Gasteiger partial charge on any atom is 0.303 e. The van der Waals surface area contributed by atoms with Crippen LogP contribution in [-0.4, -0.2) is 72.7 Å². The van der Waals surface area contributed by atoms with Crippen LogP contribution in [0.3, 0.4) is 0 Å². The quantitative estimate of drug-likeness (QED) is 0.270. The first-order chi connectivity index (χ1) is 19.3. The smallest absolute Gasteiger partial charge is 0.303 e. The molecule has 0 spiro atoms. The molecule has 1 saturated heterocycles. The van der Waals surface area contributed by atoms with Gasteiger partial charge >= 0.3 is 23.9 Å². The molecule has 12 heteroatoms. The highest BCUT2D eigenvalue weighted by atomic mass is 16.7. The number of ether oxygens (including phenoxy) is 6. The molecule has 2 aliphatic heterocycles. The van der Waals surface area contributed by atoms with Crippen LogP contribution < -0.4 is 4.74 Å². The fraction of sp³-hybridized carbons (Fsp3) is 0.448. The standard InChI is InChI=1S/C29H31NO11/c1-14(31)36-13-24-25(37-15(2)32)26(38-16(3)33)27(39-17(4)34)28(41-24)40-19-8-10-23-21(12-19)29(5,6)20-11-18(35)7-9-22(20)30-23/h7-12,24-28H,13H2,1-6H3/t24-,25+,26+,27-,28-/m1/s1. The largest absolute Gasteiger partial charge is 0.463 e. The van der Waals surface area contributed by atoms with Gasteiger partial charge in [0, 0.05) is 33.1 Å². The van der Waals surface area contributed by atoms with Crippen molar-refractivity contribution in [2.75, 3.05) is 6.61 Å². The van der Waals surface area contributed by atoms with Crippen molar-refractivity contribution >= 4 is 41.1 Å². The summed E-state index contributed by atoms with van der Waals surface area (Å²) in [6, 6.07) is 5.11. The first-order valence-electron chi connectivity index (χ1n) is 12.9. The Kier molecular flexibility index (Phi) is 8.43. The number of hydrogen-bond acceptors (Lipinski definition) is 12. The molecule has 0 bridgehead atoms. The number of rotatable bonds is 7. The number of nitrogens with zero attached hydrogens (tertiary/aromatic N) is 1. The zero-order chi connectivity index (χ0) is 30.1. The molecule has 5 atom stereocenters. The highest BCUT2D eigenvalue weighted by Crippen LogP contribution is 2.45. The zero-order valence-electron chi connectivity index (χ0n) is 23.5. The number of carbonyl (C=O) groups excluding carboxylic acids is 5. The Hall–Kier alpha value is -4.32.